The molecule has 2 unspecified atom stereocenters. The quantitative estimate of drug-likeness (QED) is 0.906. The van der Waals surface area contributed by atoms with Gasteiger partial charge in [0.1, 0.15) is 0 Å². The maximum absolute atomic E-state index is 3.65. The minimum atomic E-state index is 0.250. The highest BCUT2D eigenvalue weighted by molar-refractivity contribution is 5.40. The molecular weight excluding hydrogens is 244 g/mol. The molecule has 0 spiro atoms. The van der Waals surface area contributed by atoms with Crippen LogP contribution < -0.4 is 5.32 Å². The lowest BCUT2D eigenvalue weighted by Gasteiger charge is -2.33. The Bertz CT molecular complexity index is 461. The van der Waals surface area contributed by atoms with Crippen LogP contribution in [0.5, 0.6) is 0 Å². The van der Waals surface area contributed by atoms with E-state index in [9.17, 15) is 0 Å². The van der Waals surface area contributed by atoms with Crippen molar-refractivity contribution in [3.05, 3.63) is 35.4 Å². The highest BCUT2D eigenvalue weighted by Gasteiger charge is 2.30. The molecule has 0 saturated carbocycles. The minimum absolute atomic E-state index is 0.250. The molecule has 1 N–H and O–H groups in total. The third-order valence-electron chi connectivity index (χ3n) is 4.73. The predicted octanol–water partition coefficient (Wildman–Crippen LogP) is 3.04. The monoisotopic (exact) mass is 272 g/mol. The van der Waals surface area contributed by atoms with E-state index >= 15 is 0 Å². The molecule has 0 amide bonds. The molecule has 20 heavy (non-hydrogen) atoms. The van der Waals surface area contributed by atoms with Gasteiger partial charge in [0.25, 0.3) is 0 Å². The van der Waals surface area contributed by atoms with E-state index in [1.165, 1.54) is 39.0 Å². The first kappa shape index (κ1) is 14.1. The van der Waals surface area contributed by atoms with E-state index in [-0.39, 0.29) is 5.54 Å². The molecule has 0 bridgehead atoms. The van der Waals surface area contributed by atoms with Gasteiger partial charge in [-0.2, -0.15) is 0 Å². The second-order valence-corrected chi connectivity index (χ2v) is 7.65. The van der Waals surface area contributed by atoms with Crippen LogP contribution in [-0.4, -0.2) is 36.6 Å². The zero-order chi connectivity index (χ0) is 14.2. The minimum Gasteiger partial charge on any atom is -0.312 e. The molecule has 1 heterocycles. The Morgan fingerprint density at radius 2 is 2.05 bits per heavy atom. The van der Waals surface area contributed by atoms with E-state index in [2.05, 4.69) is 55.3 Å². The van der Waals surface area contributed by atoms with Gasteiger partial charge in [-0.15, -0.1) is 0 Å². The van der Waals surface area contributed by atoms with Crippen LogP contribution in [0.25, 0.3) is 0 Å². The number of benzene rings is 1. The van der Waals surface area contributed by atoms with E-state index in [1.54, 1.807) is 11.1 Å². The molecule has 2 heteroatoms. The lowest BCUT2D eigenvalue weighted by atomic mass is 9.77. The van der Waals surface area contributed by atoms with Crippen molar-refractivity contribution in [2.24, 2.45) is 5.92 Å². The van der Waals surface area contributed by atoms with Crippen molar-refractivity contribution in [1.82, 2.24) is 10.2 Å². The summed E-state index contributed by atoms with van der Waals surface area (Å²) in [6.45, 7) is 11.8. The van der Waals surface area contributed by atoms with Crippen LogP contribution in [0, 0.1) is 5.92 Å². The molecule has 2 atom stereocenters. The molecule has 2 aliphatic rings. The van der Waals surface area contributed by atoms with Gasteiger partial charge in [0.15, 0.2) is 0 Å². The second kappa shape index (κ2) is 5.50. The Balaban J connectivity index is 1.45. The zero-order valence-corrected chi connectivity index (χ0v) is 13.2. The number of fused-ring (bicyclic) bond motifs is 1. The SMILES string of the molecule is CC(C)(C)NCC1CCN(CC2Cc3ccccc32)C1. The van der Waals surface area contributed by atoms with E-state index in [1.807, 2.05) is 0 Å². The summed E-state index contributed by atoms with van der Waals surface area (Å²) in [7, 11) is 0. The average Bonchev–Trinajstić information content (AvgIpc) is 2.81. The summed E-state index contributed by atoms with van der Waals surface area (Å²) >= 11 is 0. The highest BCUT2D eigenvalue weighted by atomic mass is 15.2. The maximum atomic E-state index is 3.65. The number of hydrogen-bond acceptors (Lipinski definition) is 2. The van der Waals surface area contributed by atoms with E-state index in [0.717, 1.165) is 11.8 Å². The van der Waals surface area contributed by atoms with Gasteiger partial charge >= 0.3 is 0 Å². The molecular formula is C18H28N2. The molecule has 1 aliphatic carbocycles. The Labute approximate surface area is 123 Å². The molecule has 1 aliphatic heterocycles. The molecule has 110 valence electrons. The lowest BCUT2D eigenvalue weighted by molar-refractivity contribution is 0.283. The fraction of sp³-hybridized carbons (Fsp3) is 0.667. The first-order valence-electron chi connectivity index (χ1n) is 8.06. The topological polar surface area (TPSA) is 15.3 Å². The van der Waals surface area contributed by atoms with Gasteiger partial charge in [-0.1, -0.05) is 24.3 Å². The molecule has 2 nitrogen and oxygen atoms in total. The maximum Gasteiger partial charge on any atom is 0.00966 e. The Morgan fingerprint density at radius 3 is 2.80 bits per heavy atom. The fourth-order valence-electron chi connectivity index (χ4n) is 3.53. The van der Waals surface area contributed by atoms with Crippen molar-refractivity contribution in [2.45, 2.75) is 45.1 Å². The van der Waals surface area contributed by atoms with Crippen LogP contribution in [0.1, 0.15) is 44.2 Å². The van der Waals surface area contributed by atoms with Crippen LogP contribution in [0.15, 0.2) is 24.3 Å². The largest absolute Gasteiger partial charge is 0.312 e. The van der Waals surface area contributed by atoms with Gasteiger partial charge in [0.2, 0.25) is 0 Å². The predicted molar refractivity (Wildman–Crippen MR) is 85.2 cm³/mol. The van der Waals surface area contributed by atoms with Crippen LogP contribution in [0.4, 0.5) is 0 Å². The van der Waals surface area contributed by atoms with Gasteiger partial charge in [-0.05, 0) is 63.7 Å². The van der Waals surface area contributed by atoms with E-state index in [4.69, 9.17) is 0 Å². The molecule has 1 aromatic carbocycles. The average molecular weight is 272 g/mol. The van der Waals surface area contributed by atoms with Crippen molar-refractivity contribution in [2.75, 3.05) is 26.2 Å². The molecule has 0 aromatic heterocycles. The summed E-state index contributed by atoms with van der Waals surface area (Å²) in [5.41, 5.74) is 3.42. The summed E-state index contributed by atoms with van der Waals surface area (Å²) in [5, 5.41) is 3.65. The number of nitrogens with one attached hydrogen (secondary N) is 1. The number of rotatable bonds is 4. The molecule has 1 aromatic rings. The normalized spacial score (nSPS) is 26.4. The van der Waals surface area contributed by atoms with Gasteiger partial charge < -0.3 is 10.2 Å². The van der Waals surface area contributed by atoms with Crippen molar-refractivity contribution in [3.8, 4) is 0 Å². The summed E-state index contributed by atoms with van der Waals surface area (Å²) in [6.07, 6.45) is 2.65. The standard InChI is InChI=1S/C18H28N2/c1-18(2,3)19-11-14-8-9-20(12-14)13-16-10-15-6-4-5-7-17(15)16/h4-7,14,16,19H,8-13H2,1-3H3. The second-order valence-electron chi connectivity index (χ2n) is 7.65. The third kappa shape index (κ3) is 3.24. The summed E-state index contributed by atoms with van der Waals surface area (Å²) in [4.78, 5) is 2.68. The van der Waals surface area contributed by atoms with Crippen LogP contribution in [0.3, 0.4) is 0 Å². The van der Waals surface area contributed by atoms with Gasteiger partial charge in [0.05, 0.1) is 0 Å². The van der Waals surface area contributed by atoms with Crippen molar-refractivity contribution >= 4 is 0 Å². The summed E-state index contributed by atoms with van der Waals surface area (Å²) in [6, 6.07) is 8.95. The summed E-state index contributed by atoms with van der Waals surface area (Å²) in [5.74, 6) is 1.63. The Kier molecular flexibility index (Phi) is 3.87. The molecule has 0 radical (unpaired) electrons. The first-order valence-corrected chi connectivity index (χ1v) is 8.06. The van der Waals surface area contributed by atoms with Crippen molar-refractivity contribution in [1.29, 1.82) is 0 Å². The lowest BCUT2D eigenvalue weighted by Crippen LogP contribution is -2.40. The van der Waals surface area contributed by atoms with Crippen molar-refractivity contribution < 1.29 is 0 Å². The van der Waals surface area contributed by atoms with E-state index in [0.29, 0.717) is 0 Å². The smallest absolute Gasteiger partial charge is 0.00966 e. The van der Waals surface area contributed by atoms with Crippen LogP contribution >= 0.6 is 0 Å². The number of hydrogen-bond donors (Lipinski definition) is 1. The third-order valence-corrected chi connectivity index (χ3v) is 4.73. The number of likely N-dealkylation sites (tertiary alicyclic amines) is 1. The van der Waals surface area contributed by atoms with E-state index < -0.39 is 0 Å². The van der Waals surface area contributed by atoms with Crippen LogP contribution in [0.2, 0.25) is 0 Å². The van der Waals surface area contributed by atoms with Gasteiger partial charge in [0, 0.05) is 24.5 Å². The van der Waals surface area contributed by atoms with Gasteiger partial charge in [-0.25, -0.2) is 0 Å². The van der Waals surface area contributed by atoms with Gasteiger partial charge in [-0.3, -0.25) is 0 Å². The van der Waals surface area contributed by atoms with Crippen molar-refractivity contribution in [3.63, 3.8) is 0 Å². The Morgan fingerprint density at radius 1 is 1.25 bits per heavy atom. The molecule has 1 saturated heterocycles. The highest BCUT2D eigenvalue weighted by Crippen LogP contribution is 2.36. The first-order chi connectivity index (χ1) is 9.51. The Hall–Kier alpha value is -0.860. The zero-order valence-electron chi connectivity index (χ0n) is 13.2. The fourth-order valence-corrected chi connectivity index (χ4v) is 3.53. The molecule has 3 rings (SSSR count). The summed E-state index contributed by atoms with van der Waals surface area (Å²) < 4.78 is 0. The number of nitrogens with zero attached hydrogens (tertiary/aromatic N) is 1. The molecule has 1 fully saturated rings. The van der Waals surface area contributed by atoms with Crippen LogP contribution in [-0.2, 0) is 6.42 Å².